The van der Waals surface area contributed by atoms with E-state index in [9.17, 15) is 4.79 Å². The van der Waals surface area contributed by atoms with E-state index in [4.69, 9.17) is 22.7 Å². The van der Waals surface area contributed by atoms with Crippen molar-refractivity contribution in [1.82, 2.24) is 4.90 Å². The van der Waals surface area contributed by atoms with Gasteiger partial charge in [-0.3, -0.25) is 4.79 Å². The van der Waals surface area contributed by atoms with Gasteiger partial charge >= 0.3 is 0 Å². The summed E-state index contributed by atoms with van der Waals surface area (Å²) in [7, 11) is 1.78. The van der Waals surface area contributed by atoms with Gasteiger partial charge in [0.1, 0.15) is 0 Å². The number of nitrogens with zero attached hydrogens (tertiary/aromatic N) is 1. The van der Waals surface area contributed by atoms with E-state index in [2.05, 4.69) is 0 Å². The SMILES string of the molecule is CCOCCCC(=O)N(C)C(C)CC(N)=S. The molecule has 0 rings (SSSR count). The molecule has 0 bridgehead atoms. The van der Waals surface area contributed by atoms with E-state index >= 15 is 0 Å². The number of amides is 1. The first-order valence-electron chi connectivity index (χ1n) is 5.60. The summed E-state index contributed by atoms with van der Waals surface area (Å²) in [5.41, 5.74) is 5.44. The number of rotatable bonds is 8. The van der Waals surface area contributed by atoms with Crippen molar-refractivity contribution in [3.05, 3.63) is 0 Å². The smallest absolute Gasteiger partial charge is 0.222 e. The van der Waals surface area contributed by atoms with E-state index in [1.165, 1.54) is 0 Å². The van der Waals surface area contributed by atoms with Gasteiger partial charge in [0.25, 0.3) is 0 Å². The van der Waals surface area contributed by atoms with Crippen LogP contribution in [0.1, 0.15) is 33.1 Å². The quantitative estimate of drug-likeness (QED) is 0.518. The normalized spacial score (nSPS) is 12.2. The zero-order valence-electron chi connectivity index (χ0n) is 10.4. The maximum atomic E-state index is 11.7. The molecule has 0 aromatic rings. The Morgan fingerprint density at radius 2 is 2.19 bits per heavy atom. The Morgan fingerprint density at radius 1 is 1.56 bits per heavy atom. The fourth-order valence-corrected chi connectivity index (χ4v) is 1.56. The second-order valence-electron chi connectivity index (χ2n) is 3.82. The molecule has 1 amide bonds. The first kappa shape index (κ1) is 15.3. The average molecular weight is 246 g/mol. The van der Waals surface area contributed by atoms with E-state index < -0.39 is 0 Å². The molecule has 0 fully saturated rings. The van der Waals surface area contributed by atoms with Crippen molar-refractivity contribution in [1.29, 1.82) is 0 Å². The Kier molecular flexibility index (Phi) is 8.11. The number of carbonyl (C=O) groups is 1. The lowest BCUT2D eigenvalue weighted by Gasteiger charge is -2.24. The van der Waals surface area contributed by atoms with Crippen molar-refractivity contribution < 1.29 is 9.53 Å². The van der Waals surface area contributed by atoms with E-state index in [0.29, 0.717) is 31.0 Å². The van der Waals surface area contributed by atoms with Crippen LogP contribution in [0.15, 0.2) is 0 Å². The van der Waals surface area contributed by atoms with Crippen LogP contribution >= 0.6 is 12.2 Å². The second-order valence-corrected chi connectivity index (χ2v) is 4.35. The molecule has 94 valence electrons. The van der Waals surface area contributed by atoms with Crippen molar-refractivity contribution in [2.45, 2.75) is 39.2 Å². The standard InChI is InChI=1S/C11H22N2O2S/c1-4-15-7-5-6-11(14)13(3)9(2)8-10(12)16/h9H,4-8H2,1-3H3,(H2,12,16). The zero-order chi connectivity index (χ0) is 12.6. The highest BCUT2D eigenvalue weighted by molar-refractivity contribution is 7.80. The van der Waals surface area contributed by atoms with Crippen LogP contribution in [0.2, 0.25) is 0 Å². The highest BCUT2D eigenvalue weighted by atomic mass is 32.1. The third-order valence-electron chi connectivity index (χ3n) is 2.43. The molecule has 0 aromatic carbocycles. The minimum absolute atomic E-state index is 0.0668. The van der Waals surface area contributed by atoms with Crippen LogP contribution in [-0.4, -0.2) is 42.1 Å². The van der Waals surface area contributed by atoms with Gasteiger partial charge in [0.15, 0.2) is 0 Å². The Morgan fingerprint density at radius 3 is 2.69 bits per heavy atom. The van der Waals surface area contributed by atoms with Crippen LogP contribution < -0.4 is 5.73 Å². The van der Waals surface area contributed by atoms with E-state index in [1.807, 2.05) is 13.8 Å². The van der Waals surface area contributed by atoms with Crippen molar-refractivity contribution >= 4 is 23.1 Å². The fourth-order valence-electron chi connectivity index (χ4n) is 1.32. The number of carbonyl (C=O) groups excluding carboxylic acids is 1. The maximum Gasteiger partial charge on any atom is 0.222 e. The van der Waals surface area contributed by atoms with Crippen LogP contribution in [-0.2, 0) is 9.53 Å². The molecule has 0 saturated carbocycles. The van der Waals surface area contributed by atoms with E-state index in [1.54, 1.807) is 11.9 Å². The van der Waals surface area contributed by atoms with Gasteiger partial charge < -0.3 is 15.4 Å². The summed E-state index contributed by atoms with van der Waals surface area (Å²) < 4.78 is 5.18. The molecule has 2 N–H and O–H groups in total. The second kappa shape index (κ2) is 8.47. The lowest BCUT2D eigenvalue weighted by atomic mass is 10.2. The topological polar surface area (TPSA) is 55.6 Å². The molecule has 0 saturated heterocycles. The van der Waals surface area contributed by atoms with Gasteiger partial charge in [-0.2, -0.15) is 0 Å². The van der Waals surface area contributed by atoms with Gasteiger partial charge in [0.2, 0.25) is 5.91 Å². The summed E-state index contributed by atoms with van der Waals surface area (Å²) >= 11 is 4.82. The van der Waals surface area contributed by atoms with E-state index in [-0.39, 0.29) is 11.9 Å². The molecular formula is C11H22N2O2S. The zero-order valence-corrected chi connectivity index (χ0v) is 11.2. The van der Waals surface area contributed by atoms with Gasteiger partial charge in [-0.05, 0) is 20.3 Å². The number of hydrogen-bond acceptors (Lipinski definition) is 3. The number of hydrogen-bond donors (Lipinski definition) is 1. The molecule has 0 aromatic heterocycles. The molecule has 1 unspecified atom stereocenters. The summed E-state index contributed by atoms with van der Waals surface area (Å²) in [4.78, 5) is 13.9. The minimum atomic E-state index is 0.0668. The molecule has 1 atom stereocenters. The molecule has 0 aliphatic carbocycles. The van der Waals surface area contributed by atoms with Crippen LogP contribution in [0.25, 0.3) is 0 Å². The molecule has 0 heterocycles. The average Bonchev–Trinajstić information content (AvgIpc) is 2.22. The molecule has 16 heavy (non-hydrogen) atoms. The highest BCUT2D eigenvalue weighted by Crippen LogP contribution is 2.05. The predicted molar refractivity (Wildman–Crippen MR) is 69.4 cm³/mol. The molecule has 5 heteroatoms. The molecular weight excluding hydrogens is 224 g/mol. The number of nitrogens with two attached hydrogens (primary N) is 1. The maximum absolute atomic E-state index is 11.7. The van der Waals surface area contributed by atoms with Crippen molar-refractivity contribution in [2.75, 3.05) is 20.3 Å². The van der Waals surface area contributed by atoms with Gasteiger partial charge in [-0.1, -0.05) is 12.2 Å². The summed E-state index contributed by atoms with van der Waals surface area (Å²) in [5, 5.41) is 0. The number of ether oxygens (including phenoxy) is 1. The molecule has 0 aliphatic heterocycles. The van der Waals surface area contributed by atoms with E-state index in [0.717, 1.165) is 6.42 Å². The highest BCUT2D eigenvalue weighted by Gasteiger charge is 2.15. The summed E-state index contributed by atoms with van der Waals surface area (Å²) in [6.07, 6.45) is 1.85. The summed E-state index contributed by atoms with van der Waals surface area (Å²) in [6, 6.07) is 0.0668. The molecule has 0 spiro atoms. The van der Waals surface area contributed by atoms with Gasteiger partial charge in [0, 0.05) is 39.1 Å². The van der Waals surface area contributed by atoms with Gasteiger partial charge in [-0.15, -0.1) is 0 Å². The Bertz CT molecular complexity index is 234. The summed E-state index contributed by atoms with van der Waals surface area (Å²) in [5.74, 6) is 0.114. The van der Waals surface area contributed by atoms with Gasteiger partial charge in [0.05, 0.1) is 4.99 Å². The van der Waals surface area contributed by atoms with Crippen LogP contribution in [0.5, 0.6) is 0 Å². The van der Waals surface area contributed by atoms with Crippen molar-refractivity contribution in [2.24, 2.45) is 5.73 Å². The first-order chi connectivity index (χ1) is 7.49. The molecule has 4 nitrogen and oxygen atoms in total. The largest absolute Gasteiger partial charge is 0.393 e. The van der Waals surface area contributed by atoms with Gasteiger partial charge in [-0.25, -0.2) is 0 Å². The first-order valence-corrected chi connectivity index (χ1v) is 6.01. The Labute approximate surface area is 103 Å². The Balaban J connectivity index is 3.84. The van der Waals surface area contributed by atoms with Crippen molar-refractivity contribution in [3.8, 4) is 0 Å². The van der Waals surface area contributed by atoms with Crippen LogP contribution in [0, 0.1) is 0 Å². The van der Waals surface area contributed by atoms with Crippen LogP contribution in [0.3, 0.4) is 0 Å². The van der Waals surface area contributed by atoms with Crippen molar-refractivity contribution in [3.63, 3.8) is 0 Å². The summed E-state index contributed by atoms with van der Waals surface area (Å²) in [6.45, 7) is 5.22. The fraction of sp³-hybridized carbons (Fsp3) is 0.818. The predicted octanol–water partition coefficient (Wildman–Crippen LogP) is 1.33. The number of thiocarbonyl (C=S) groups is 1. The third kappa shape index (κ3) is 6.74. The third-order valence-corrected chi connectivity index (χ3v) is 2.60. The van der Waals surface area contributed by atoms with Crippen LogP contribution in [0.4, 0.5) is 0 Å². The lowest BCUT2D eigenvalue weighted by Crippen LogP contribution is -2.37. The molecule has 0 radical (unpaired) electrons. The minimum Gasteiger partial charge on any atom is -0.393 e. The molecule has 0 aliphatic rings. The lowest BCUT2D eigenvalue weighted by molar-refractivity contribution is -0.131. The monoisotopic (exact) mass is 246 g/mol. The Hall–Kier alpha value is -0.680.